The van der Waals surface area contributed by atoms with Gasteiger partial charge in [-0.2, -0.15) is 0 Å². The van der Waals surface area contributed by atoms with Crippen LogP contribution in [0.2, 0.25) is 0 Å². The Morgan fingerprint density at radius 1 is 1.18 bits per heavy atom. The molecule has 1 heterocycles. The molecule has 1 rings (SSSR count). The minimum atomic E-state index is 0.561. The molecular weight excluding hydrogens is 212 g/mol. The van der Waals surface area contributed by atoms with Crippen molar-refractivity contribution < 1.29 is 0 Å². The SMILES string of the molecule is CN(C)CCCN(C)Cc1ccc(CN)cn1. The molecule has 1 aromatic heterocycles. The molecule has 0 radical (unpaired) electrons. The highest BCUT2D eigenvalue weighted by atomic mass is 15.1. The minimum absolute atomic E-state index is 0.561. The fourth-order valence-electron chi connectivity index (χ4n) is 1.68. The molecule has 4 nitrogen and oxygen atoms in total. The fourth-order valence-corrected chi connectivity index (χ4v) is 1.68. The van der Waals surface area contributed by atoms with Crippen molar-refractivity contribution in [1.29, 1.82) is 0 Å². The van der Waals surface area contributed by atoms with Crippen LogP contribution in [-0.2, 0) is 13.1 Å². The number of hydrogen-bond acceptors (Lipinski definition) is 4. The van der Waals surface area contributed by atoms with Gasteiger partial charge in [0.25, 0.3) is 0 Å². The van der Waals surface area contributed by atoms with Crippen molar-refractivity contribution in [1.82, 2.24) is 14.8 Å². The van der Waals surface area contributed by atoms with Crippen LogP contribution < -0.4 is 5.73 Å². The Bertz CT molecular complexity index is 308. The first-order valence-electron chi connectivity index (χ1n) is 6.09. The molecule has 2 N–H and O–H groups in total. The Morgan fingerprint density at radius 2 is 1.94 bits per heavy atom. The normalized spacial score (nSPS) is 11.4. The van der Waals surface area contributed by atoms with Crippen LogP contribution in [0.4, 0.5) is 0 Å². The molecule has 0 aliphatic rings. The van der Waals surface area contributed by atoms with Gasteiger partial charge in [0, 0.05) is 19.3 Å². The average Bonchev–Trinajstić information content (AvgIpc) is 2.29. The Morgan fingerprint density at radius 3 is 2.47 bits per heavy atom. The molecule has 0 aromatic carbocycles. The van der Waals surface area contributed by atoms with Crippen molar-refractivity contribution in [3.05, 3.63) is 29.6 Å². The lowest BCUT2D eigenvalue weighted by molar-refractivity contribution is 0.292. The average molecular weight is 236 g/mol. The molecule has 0 unspecified atom stereocenters. The van der Waals surface area contributed by atoms with Crippen LogP contribution in [0.5, 0.6) is 0 Å². The second-order valence-electron chi connectivity index (χ2n) is 4.76. The molecule has 0 spiro atoms. The summed E-state index contributed by atoms with van der Waals surface area (Å²) >= 11 is 0. The number of pyridine rings is 1. The van der Waals surface area contributed by atoms with Gasteiger partial charge < -0.3 is 15.5 Å². The zero-order valence-electron chi connectivity index (χ0n) is 11.2. The van der Waals surface area contributed by atoms with Crippen molar-refractivity contribution in [2.24, 2.45) is 5.73 Å². The molecule has 0 bridgehead atoms. The molecule has 0 atom stereocenters. The van der Waals surface area contributed by atoms with Crippen molar-refractivity contribution >= 4 is 0 Å². The van der Waals surface area contributed by atoms with Gasteiger partial charge in [0.2, 0.25) is 0 Å². The number of rotatable bonds is 7. The third-order valence-electron chi connectivity index (χ3n) is 2.70. The van der Waals surface area contributed by atoms with Gasteiger partial charge >= 0.3 is 0 Å². The van der Waals surface area contributed by atoms with Crippen LogP contribution >= 0.6 is 0 Å². The van der Waals surface area contributed by atoms with E-state index in [0.717, 1.165) is 30.9 Å². The van der Waals surface area contributed by atoms with Crippen LogP contribution in [0, 0.1) is 0 Å². The number of hydrogen-bond donors (Lipinski definition) is 1. The van der Waals surface area contributed by atoms with Gasteiger partial charge in [0.15, 0.2) is 0 Å². The summed E-state index contributed by atoms with van der Waals surface area (Å²) < 4.78 is 0. The second-order valence-corrected chi connectivity index (χ2v) is 4.76. The molecule has 4 heteroatoms. The first-order chi connectivity index (χ1) is 8.11. The fraction of sp³-hybridized carbons (Fsp3) is 0.615. The molecule has 0 aliphatic heterocycles. The summed E-state index contributed by atoms with van der Waals surface area (Å²) in [5.74, 6) is 0. The van der Waals surface area contributed by atoms with Gasteiger partial charge in [-0.05, 0) is 52.3 Å². The third kappa shape index (κ3) is 5.77. The highest BCUT2D eigenvalue weighted by Crippen LogP contribution is 2.03. The van der Waals surface area contributed by atoms with Crippen LogP contribution in [0.1, 0.15) is 17.7 Å². The molecular formula is C13H24N4. The predicted molar refractivity (Wildman–Crippen MR) is 71.6 cm³/mol. The summed E-state index contributed by atoms with van der Waals surface area (Å²) in [5, 5.41) is 0. The quantitative estimate of drug-likeness (QED) is 0.765. The summed E-state index contributed by atoms with van der Waals surface area (Å²) in [6.45, 7) is 3.69. The monoisotopic (exact) mass is 236 g/mol. The maximum atomic E-state index is 5.54. The summed E-state index contributed by atoms with van der Waals surface area (Å²) in [7, 11) is 6.34. The third-order valence-corrected chi connectivity index (χ3v) is 2.70. The van der Waals surface area contributed by atoms with Gasteiger partial charge in [0.05, 0.1) is 5.69 Å². The molecule has 0 fully saturated rings. The van der Waals surface area contributed by atoms with Crippen molar-refractivity contribution in [3.63, 3.8) is 0 Å². The van der Waals surface area contributed by atoms with E-state index in [9.17, 15) is 0 Å². The standard InChI is InChI=1S/C13H24N4/c1-16(2)7-4-8-17(3)11-13-6-5-12(9-14)10-15-13/h5-6,10H,4,7-9,11,14H2,1-3H3. The van der Waals surface area contributed by atoms with Gasteiger partial charge in [-0.3, -0.25) is 4.98 Å². The molecule has 96 valence electrons. The number of nitrogens with zero attached hydrogens (tertiary/aromatic N) is 3. The minimum Gasteiger partial charge on any atom is -0.326 e. The van der Waals surface area contributed by atoms with E-state index in [-0.39, 0.29) is 0 Å². The lowest BCUT2D eigenvalue weighted by Crippen LogP contribution is -2.23. The molecule has 0 saturated carbocycles. The Kier molecular flexibility index (Phi) is 6.11. The highest BCUT2D eigenvalue weighted by Gasteiger charge is 2.02. The van der Waals surface area contributed by atoms with E-state index in [4.69, 9.17) is 5.73 Å². The summed E-state index contributed by atoms with van der Waals surface area (Å²) in [6, 6.07) is 4.11. The topological polar surface area (TPSA) is 45.4 Å². The Hall–Kier alpha value is -0.970. The van der Waals surface area contributed by atoms with E-state index < -0.39 is 0 Å². The van der Waals surface area contributed by atoms with Gasteiger partial charge in [0.1, 0.15) is 0 Å². The van der Waals surface area contributed by atoms with Crippen molar-refractivity contribution in [3.8, 4) is 0 Å². The van der Waals surface area contributed by atoms with Crippen LogP contribution in [0.15, 0.2) is 18.3 Å². The van der Waals surface area contributed by atoms with E-state index in [1.165, 1.54) is 6.42 Å². The van der Waals surface area contributed by atoms with Crippen molar-refractivity contribution in [2.45, 2.75) is 19.5 Å². The predicted octanol–water partition coefficient (Wildman–Crippen LogP) is 0.924. The number of nitrogens with two attached hydrogens (primary N) is 1. The zero-order valence-corrected chi connectivity index (χ0v) is 11.2. The summed E-state index contributed by atoms with van der Waals surface area (Å²) in [6.07, 6.45) is 3.05. The van der Waals surface area contributed by atoms with E-state index in [2.05, 4.69) is 48.1 Å². The lowest BCUT2D eigenvalue weighted by atomic mass is 10.2. The van der Waals surface area contributed by atoms with Gasteiger partial charge in [-0.25, -0.2) is 0 Å². The molecule has 0 aliphatic carbocycles. The van der Waals surface area contributed by atoms with Gasteiger partial charge in [-0.15, -0.1) is 0 Å². The Labute approximate surface area is 104 Å². The highest BCUT2D eigenvalue weighted by molar-refractivity contribution is 5.13. The largest absolute Gasteiger partial charge is 0.326 e. The van der Waals surface area contributed by atoms with E-state index in [1.807, 2.05) is 6.20 Å². The first-order valence-corrected chi connectivity index (χ1v) is 6.09. The van der Waals surface area contributed by atoms with E-state index >= 15 is 0 Å². The molecule has 0 amide bonds. The van der Waals surface area contributed by atoms with E-state index in [0.29, 0.717) is 6.54 Å². The lowest BCUT2D eigenvalue weighted by Gasteiger charge is -2.17. The summed E-state index contributed by atoms with van der Waals surface area (Å²) in [4.78, 5) is 8.91. The maximum absolute atomic E-state index is 5.54. The van der Waals surface area contributed by atoms with Crippen molar-refractivity contribution in [2.75, 3.05) is 34.2 Å². The van der Waals surface area contributed by atoms with Crippen LogP contribution in [-0.4, -0.2) is 49.0 Å². The molecule has 0 saturated heterocycles. The Balaban J connectivity index is 2.31. The van der Waals surface area contributed by atoms with Crippen LogP contribution in [0.3, 0.4) is 0 Å². The summed E-state index contributed by atoms with van der Waals surface area (Å²) in [5.41, 5.74) is 7.73. The van der Waals surface area contributed by atoms with E-state index in [1.54, 1.807) is 0 Å². The smallest absolute Gasteiger partial charge is 0.0544 e. The molecule has 17 heavy (non-hydrogen) atoms. The van der Waals surface area contributed by atoms with Crippen LogP contribution in [0.25, 0.3) is 0 Å². The molecule has 1 aromatic rings. The first kappa shape index (κ1) is 14.1. The number of aromatic nitrogens is 1. The maximum Gasteiger partial charge on any atom is 0.0544 e. The zero-order chi connectivity index (χ0) is 12.7. The van der Waals surface area contributed by atoms with Gasteiger partial charge in [-0.1, -0.05) is 6.07 Å². The second kappa shape index (κ2) is 7.37.